The van der Waals surface area contributed by atoms with Crippen LogP contribution in [0.5, 0.6) is 0 Å². The summed E-state index contributed by atoms with van der Waals surface area (Å²) in [5.41, 5.74) is -0.319. The molecule has 1 N–H and O–H groups in total. The molecule has 0 rings (SSSR count). The van der Waals surface area contributed by atoms with E-state index in [-0.39, 0.29) is 18.1 Å². The third-order valence-corrected chi connectivity index (χ3v) is 22.8. The minimum atomic E-state index is -2.40. The molecule has 8 nitrogen and oxygen atoms in total. The quantitative estimate of drug-likeness (QED) is 0.0481. The van der Waals surface area contributed by atoms with Gasteiger partial charge in [0.05, 0.1) is 38.4 Å². The van der Waals surface area contributed by atoms with Crippen LogP contribution in [0.15, 0.2) is 12.2 Å². The molecule has 0 aromatic rings. The van der Waals surface area contributed by atoms with Crippen LogP contribution < -0.4 is 0 Å². The van der Waals surface area contributed by atoms with Gasteiger partial charge in [0, 0.05) is 18.6 Å². The molecule has 0 radical (unpaired) electrons. The van der Waals surface area contributed by atoms with E-state index in [0.29, 0.717) is 18.8 Å². The zero-order valence-electron chi connectivity index (χ0n) is 29.4. The Morgan fingerprint density at radius 1 is 0.780 bits per heavy atom. The van der Waals surface area contributed by atoms with E-state index in [0.717, 1.165) is 42.4 Å². The van der Waals surface area contributed by atoms with Crippen molar-refractivity contribution in [2.24, 2.45) is 0 Å². The molecule has 0 saturated carbocycles. The lowest BCUT2D eigenvalue weighted by molar-refractivity contribution is -0.939. The highest BCUT2D eigenvalue weighted by molar-refractivity contribution is 6.89. The molecule has 0 aromatic carbocycles. The summed E-state index contributed by atoms with van der Waals surface area (Å²) in [6.45, 7) is 33.5. The van der Waals surface area contributed by atoms with Crippen LogP contribution in [-0.4, -0.2) is 101 Å². The first kappa shape index (κ1) is 40.8. The van der Waals surface area contributed by atoms with Crippen molar-refractivity contribution in [3.63, 3.8) is 0 Å². The molecule has 0 spiro atoms. The van der Waals surface area contributed by atoms with E-state index in [1.807, 2.05) is 13.8 Å². The maximum atomic E-state index is 11.4. The Balaban J connectivity index is 4.77. The van der Waals surface area contributed by atoms with Crippen LogP contribution in [0.4, 0.5) is 0 Å². The fourth-order valence-electron chi connectivity index (χ4n) is 5.56. The van der Waals surface area contributed by atoms with Crippen LogP contribution in [0, 0.1) is 0 Å². The number of hydrogen-bond acceptors (Lipinski definition) is 7. The molecule has 0 unspecified atom stereocenters. The number of ether oxygens (including phenoxy) is 2. The first-order valence-corrected chi connectivity index (χ1v) is 27.0. The third kappa shape index (κ3) is 18.3. The van der Waals surface area contributed by atoms with Gasteiger partial charge in [-0.3, -0.25) is 0 Å². The van der Waals surface area contributed by atoms with Crippen molar-refractivity contribution in [2.75, 3.05) is 40.5 Å². The molecular formula is C29H66NO7Si4+. The molecule has 41 heavy (non-hydrogen) atoms. The first-order valence-electron chi connectivity index (χ1n) is 15.2. The van der Waals surface area contributed by atoms with Crippen LogP contribution in [0.25, 0.3) is 0 Å². The summed E-state index contributed by atoms with van der Waals surface area (Å²) < 4.78 is 31.9. The normalized spacial score (nSPS) is 14.3. The van der Waals surface area contributed by atoms with E-state index in [1.54, 1.807) is 6.92 Å². The van der Waals surface area contributed by atoms with Gasteiger partial charge in [0.2, 0.25) is 0 Å². The fourth-order valence-corrected chi connectivity index (χ4v) is 24.8. The maximum absolute atomic E-state index is 11.4. The minimum absolute atomic E-state index is 0.0306. The summed E-state index contributed by atoms with van der Waals surface area (Å²) in [6, 6.07) is 2.04. The SMILES string of the molecule is C=C(C)C(=O)OCCOCCC[Si](C)(C)O[Si](C)(C)O[Si](C)(C)O[Si](C)(C)CCC[N+](C)(C)C(C)(C)CC(C)(C)O. The Labute approximate surface area is 257 Å². The van der Waals surface area contributed by atoms with E-state index in [4.69, 9.17) is 21.8 Å². The molecule has 0 aliphatic heterocycles. The molecule has 0 aliphatic rings. The molecule has 0 atom stereocenters. The summed E-state index contributed by atoms with van der Waals surface area (Å²) in [5.74, 6) is -0.380. The van der Waals surface area contributed by atoms with Gasteiger partial charge >= 0.3 is 23.1 Å². The number of rotatable bonds is 21. The van der Waals surface area contributed by atoms with Crippen molar-refractivity contribution in [3.8, 4) is 0 Å². The van der Waals surface area contributed by atoms with Gasteiger partial charge in [-0.25, -0.2) is 4.79 Å². The molecule has 0 aliphatic carbocycles. The second kappa shape index (κ2) is 15.7. The molecule has 244 valence electrons. The van der Waals surface area contributed by atoms with Gasteiger partial charge in [-0.1, -0.05) is 6.58 Å². The second-order valence-electron chi connectivity index (χ2n) is 15.6. The number of quaternary nitrogens is 1. The lowest BCUT2D eigenvalue weighted by Gasteiger charge is -2.47. The van der Waals surface area contributed by atoms with Crippen molar-refractivity contribution in [2.45, 2.75) is 129 Å². The Hall–Kier alpha value is -0.162. The maximum Gasteiger partial charge on any atom is 0.333 e. The summed E-state index contributed by atoms with van der Waals surface area (Å²) in [5, 5.41) is 10.4. The average molecular weight is 653 g/mol. The first-order chi connectivity index (χ1) is 18.1. The predicted molar refractivity (Wildman–Crippen MR) is 181 cm³/mol. The van der Waals surface area contributed by atoms with Crippen molar-refractivity contribution in [3.05, 3.63) is 12.2 Å². The van der Waals surface area contributed by atoms with E-state index >= 15 is 0 Å². The smallest absolute Gasteiger partial charge is 0.333 e. The molecule has 0 bridgehead atoms. The molecule has 0 amide bonds. The number of carbonyl (C=O) groups excluding carboxylic acids is 1. The summed E-state index contributed by atoms with van der Waals surface area (Å²) >= 11 is 0. The standard InChI is InChI=1S/C29H66NO7Si4/c1-26(2)27(31)34-22-21-33-20-18-24-39(11,12)36-41(15,16)37-40(13,14)35-38(9,10)23-17-19-30(7,8)28(3,4)25-29(5,6)32/h32H,1,17-25H2,2-16H3/q+1. The van der Waals surface area contributed by atoms with Crippen molar-refractivity contribution >= 4 is 39.7 Å². The predicted octanol–water partition coefficient (Wildman–Crippen LogP) is 6.78. The second-order valence-corrected chi connectivity index (χ2v) is 31.7. The Bertz CT molecular complexity index is 838. The third-order valence-electron chi connectivity index (χ3n) is 7.41. The van der Waals surface area contributed by atoms with Crippen LogP contribution in [0.1, 0.15) is 53.9 Å². The van der Waals surface area contributed by atoms with Gasteiger partial charge in [0.25, 0.3) is 0 Å². The monoisotopic (exact) mass is 652 g/mol. The lowest BCUT2D eigenvalue weighted by Crippen LogP contribution is -2.59. The molecule has 0 saturated heterocycles. The number of nitrogens with zero attached hydrogens (tertiary/aromatic N) is 1. The van der Waals surface area contributed by atoms with Gasteiger partial charge in [0.15, 0.2) is 16.6 Å². The summed E-state index contributed by atoms with van der Waals surface area (Å²) in [6.07, 6.45) is 2.73. The van der Waals surface area contributed by atoms with Gasteiger partial charge in [-0.05, 0) is 112 Å². The molecule has 12 heteroatoms. The van der Waals surface area contributed by atoms with Gasteiger partial charge in [0.1, 0.15) is 6.61 Å². The van der Waals surface area contributed by atoms with Crippen molar-refractivity contribution in [1.29, 1.82) is 0 Å². The zero-order chi connectivity index (χ0) is 32.6. The molecular weight excluding hydrogens is 587 g/mol. The van der Waals surface area contributed by atoms with Gasteiger partial charge in [-0.2, -0.15) is 0 Å². The van der Waals surface area contributed by atoms with Crippen molar-refractivity contribution in [1.82, 2.24) is 0 Å². The van der Waals surface area contributed by atoms with E-state index < -0.39 is 39.4 Å². The van der Waals surface area contributed by atoms with Crippen LogP contribution >= 0.6 is 0 Å². The lowest BCUT2D eigenvalue weighted by atomic mass is 9.86. The largest absolute Gasteiger partial charge is 0.460 e. The van der Waals surface area contributed by atoms with Crippen LogP contribution in [0.2, 0.25) is 64.5 Å². The molecule has 0 fully saturated rings. The molecule has 0 heterocycles. The highest BCUT2D eigenvalue weighted by Crippen LogP contribution is 2.32. The number of aliphatic hydroxyl groups is 1. The van der Waals surface area contributed by atoms with Gasteiger partial charge < -0.3 is 31.4 Å². The van der Waals surface area contributed by atoms with E-state index in [1.165, 1.54) is 0 Å². The van der Waals surface area contributed by atoms with Gasteiger partial charge in [-0.15, -0.1) is 0 Å². The summed E-state index contributed by atoms with van der Waals surface area (Å²) in [4.78, 5) is 11.4. The van der Waals surface area contributed by atoms with Crippen LogP contribution in [-0.2, 0) is 26.6 Å². The number of carbonyl (C=O) groups is 1. The highest BCUT2D eigenvalue weighted by Gasteiger charge is 2.44. The van der Waals surface area contributed by atoms with E-state index in [9.17, 15) is 9.90 Å². The molecule has 0 aromatic heterocycles. The number of esters is 1. The minimum Gasteiger partial charge on any atom is -0.460 e. The van der Waals surface area contributed by atoms with Crippen LogP contribution in [0.3, 0.4) is 0 Å². The van der Waals surface area contributed by atoms with E-state index in [2.05, 4.69) is 86.9 Å². The Morgan fingerprint density at radius 2 is 1.24 bits per heavy atom. The fraction of sp³-hybridized carbons (Fsp3) is 0.897. The van der Waals surface area contributed by atoms with Crippen molar-refractivity contribution < 1.29 is 36.2 Å². The summed E-state index contributed by atoms with van der Waals surface area (Å²) in [7, 11) is -4.16. The average Bonchev–Trinajstić information content (AvgIpc) is 2.67. The Morgan fingerprint density at radius 3 is 1.68 bits per heavy atom. The number of hydrogen-bond donors (Lipinski definition) is 1. The Kier molecular flexibility index (Phi) is 15.7. The highest BCUT2D eigenvalue weighted by atomic mass is 28.5. The topological polar surface area (TPSA) is 83.5 Å². The zero-order valence-corrected chi connectivity index (χ0v) is 33.4.